The first kappa shape index (κ1) is 22.2. The number of nitrogens with zero attached hydrogens (tertiary/aromatic N) is 2. The third kappa shape index (κ3) is 6.46. The lowest BCUT2D eigenvalue weighted by Gasteiger charge is -2.11. The van der Waals surface area contributed by atoms with Crippen LogP contribution < -0.4 is 14.3 Å². The minimum absolute atomic E-state index is 0.255. The second-order valence-corrected chi connectivity index (χ2v) is 7.66. The summed E-state index contributed by atoms with van der Waals surface area (Å²) in [7, 11) is -4.05. The third-order valence-corrected chi connectivity index (χ3v) is 4.86. The Kier molecular flexibility index (Phi) is 7.96. The molecule has 2 rings (SSSR count). The standard InChI is InChI=1S/C19H23N3O6S/c1-3-10-27-17-9-8-15(19(13-17)28-11-4-2)14-20-21-29(25,26)18-7-5-6-16(12-18)22(23)24/h5-9,12-14,21H,3-4,10-11H2,1-2H3/b20-14-. The maximum absolute atomic E-state index is 12.3. The van der Waals surface area contributed by atoms with Gasteiger partial charge >= 0.3 is 0 Å². The summed E-state index contributed by atoms with van der Waals surface area (Å²) in [6.07, 6.45) is 2.98. The Bertz CT molecular complexity index is 976. The lowest BCUT2D eigenvalue weighted by atomic mass is 10.2. The monoisotopic (exact) mass is 421 g/mol. The Hall–Kier alpha value is -3.14. The fraction of sp³-hybridized carbons (Fsp3) is 0.316. The quantitative estimate of drug-likeness (QED) is 0.337. The lowest BCUT2D eigenvalue weighted by Crippen LogP contribution is -2.18. The number of hydrazone groups is 1. The van der Waals surface area contributed by atoms with Crippen molar-refractivity contribution < 1.29 is 22.8 Å². The van der Waals surface area contributed by atoms with Gasteiger partial charge in [0, 0.05) is 23.8 Å². The first-order chi connectivity index (χ1) is 13.9. The van der Waals surface area contributed by atoms with Crippen LogP contribution in [0.4, 0.5) is 5.69 Å². The van der Waals surface area contributed by atoms with Crippen LogP contribution in [0.15, 0.2) is 52.5 Å². The molecule has 0 unspecified atom stereocenters. The second-order valence-electron chi connectivity index (χ2n) is 6.00. The van der Waals surface area contributed by atoms with E-state index in [0.717, 1.165) is 18.9 Å². The van der Waals surface area contributed by atoms with Gasteiger partial charge < -0.3 is 9.47 Å². The van der Waals surface area contributed by atoms with Crippen LogP contribution in [0.25, 0.3) is 0 Å². The Morgan fingerprint density at radius 2 is 1.83 bits per heavy atom. The van der Waals surface area contributed by atoms with Crippen LogP contribution in [-0.2, 0) is 10.0 Å². The summed E-state index contributed by atoms with van der Waals surface area (Å²) in [5.41, 5.74) is 0.235. The van der Waals surface area contributed by atoms with Gasteiger partial charge in [-0.1, -0.05) is 19.9 Å². The molecule has 29 heavy (non-hydrogen) atoms. The summed E-state index contributed by atoms with van der Waals surface area (Å²) in [4.78, 5) is 12.0. The molecule has 0 aliphatic heterocycles. The van der Waals surface area contributed by atoms with Crippen LogP contribution in [0.1, 0.15) is 32.3 Å². The van der Waals surface area contributed by atoms with E-state index in [1.807, 2.05) is 13.8 Å². The van der Waals surface area contributed by atoms with Gasteiger partial charge in [-0.05, 0) is 31.0 Å². The highest BCUT2D eigenvalue weighted by Crippen LogP contribution is 2.24. The molecule has 2 aromatic rings. The molecule has 0 bridgehead atoms. The molecule has 2 aromatic carbocycles. The molecule has 1 N–H and O–H groups in total. The molecule has 0 atom stereocenters. The van der Waals surface area contributed by atoms with E-state index in [1.165, 1.54) is 24.4 Å². The fourth-order valence-electron chi connectivity index (χ4n) is 2.25. The summed E-state index contributed by atoms with van der Waals surface area (Å²) in [6.45, 7) is 5.03. The summed E-state index contributed by atoms with van der Waals surface area (Å²) in [5.74, 6) is 1.16. The smallest absolute Gasteiger partial charge is 0.276 e. The number of hydrogen-bond donors (Lipinski definition) is 1. The maximum Gasteiger partial charge on any atom is 0.276 e. The number of sulfonamides is 1. The van der Waals surface area contributed by atoms with Crippen molar-refractivity contribution in [3.05, 3.63) is 58.1 Å². The lowest BCUT2D eigenvalue weighted by molar-refractivity contribution is -0.385. The highest BCUT2D eigenvalue weighted by atomic mass is 32.2. The number of nitro benzene ring substituents is 1. The molecule has 156 valence electrons. The van der Waals surface area contributed by atoms with E-state index in [2.05, 4.69) is 9.93 Å². The zero-order chi connectivity index (χ0) is 21.3. The van der Waals surface area contributed by atoms with E-state index in [-0.39, 0.29) is 10.6 Å². The fourth-order valence-corrected chi connectivity index (χ4v) is 3.08. The molecule has 0 aliphatic rings. The summed E-state index contributed by atoms with van der Waals surface area (Å²) >= 11 is 0. The van der Waals surface area contributed by atoms with E-state index < -0.39 is 14.9 Å². The van der Waals surface area contributed by atoms with Crippen LogP contribution in [0.2, 0.25) is 0 Å². The van der Waals surface area contributed by atoms with Gasteiger partial charge in [0.25, 0.3) is 15.7 Å². The van der Waals surface area contributed by atoms with Crippen molar-refractivity contribution >= 4 is 21.9 Å². The van der Waals surface area contributed by atoms with E-state index in [1.54, 1.807) is 18.2 Å². The predicted molar refractivity (Wildman–Crippen MR) is 109 cm³/mol. The molecule has 10 heteroatoms. The zero-order valence-corrected chi connectivity index (χ0v) is 17.0. The number of hydrogen-bond acceptors (Lipinski definition) is 7. The van der Waals surface area contributed by atoms with Crippen LogP contribution in [0.3, 0.4) is 0 Å². The average molecular weight is 421 g/mol. The molecule has 0 saturated heterocycles. The van der Waals surface area contributed by atoms with Gasteiger partial charge in [-0.15, -0.1) is 0 Å². The van der Waals surface area contributed by atoms with Gasteiger partial charge in [-0.2, -0.15) is 13.5 Å². The third-order valence-electron chi connectivity index (χ3n) is 3.63. The van der Waals surface area contributed by atoms with Crippen LogP contribution in [-0.4, -0.2) is 32.8 Å². The van der Waals surface area contributed by atoms with Crippen molar-refractivity contribution in [1.29, 1.82) is 0 Å². The van der Waals surface area contributed by atoms with E-state index in [0.29, 0.717) is 30.3 Å². The Morgan fingerprint density at radius 3 is 2.52 bits per heavy atom. The van der Waals surface area contributed by atoms with Gasteiger partial charge in [0.05, 0.1) is 29.2 Å². The Labute approximate surface area is 169 Å². The molecule has 0 fully saturated rings. The molecule has 0 aliphatic carbocycles. The number of benzene rings is 2. The van der Waals surface area contributed by atoms with Gasteiger partial charge in [0.2, 0.25) is 0 Å². The van der Waals surface area contributed by atoms with Gasteiger partial charge in [0.1, 0.15) is 11.5 Å². The van der Waals surface area contributed by atoms with Crippen molar-refractivity contribution in [2.24, 2.45) is 5.10 Å². The minimum atomic E-state index is -4.05. The van der Waals surface area contributed by atoms with Crippen molar-refractivity contribution in [2.45, 2.75) is 31.6 Å². The second kappa shape index (κ2) is 10.4. The number of non-ortho nitro benzene ring substituents is 1. The van der Waals surface area contributed by atoms with Crippen molar-refractivity contribution in [2.75, 3.05) is 13.2 Å². The van der Waals surface area contributed by atoms with Gasteiger partial charge in [-0.3, -0.25) is 10.1 Å². The number of nitro groups is 1. The van der Waals surface area contributed by atoms with E-state index in [4.69, 9.17) is 9.47 Å². The van der Waals surface area contributed by atoms with E-state index in [9.17, 15) is 18.5 Å². The first-order valence-corrected chi connectivity index (χ1v) is 10.5. The van der Waals surface area contributed by atoms with Crippen molar-refractivity contribution in [1.82, 2.24) is 4.83 Å². The van der Waals surface area contributed by atoms with Crippen LogP contribution in [0.5, 0.6) is 11.5 Å². The van der Waals surface area contributed by atoms with Crippen molar-refractivity contribution in [3.8, 4) is 11.5 Å². The average Bonchev–Trinajstić information content (AvgIpc) is 2.71. The summed E-state index contributed by atoms with van der Waals surface area (Å²) < 4.78 is 35.9. The summed E-state index contributed by atoms with van der Waals surface area (Å²) in [5, 5.41) is 14.6. The molecule has 0 saturated carbocycles. The molecule has 0 spiro atoms. The summed E-state index contributed by atoms with van der Waals surface area (Å²) in [6, 6.07) is 9.89. The first-order valence-electron chi connectivity index (χ1n) is 9.06. The van der Waals surface area contributed by atoms with Crippen molar-refractivity contribution in [3.63, 3.8) is 0 Å². The molecule has 0 radical (unpaired) electrons. The topological polar surface area (TPSA) is 120 Å². The maximum atomic E-state index is 12.3. The van der Waals surface area contributed by atoms with Crippen LogP contribution >= 0.6 is 0 Å². The normalized spacial score (nSPS) is 11.4. The van der Waals surface area contributed by atoms with Gasteiger partial charge in [-0.25, -0.2) is 4.83 Å². The van der Waals surface area contributed by atoms with Crippen LogP contribution in [0, 0.1) is 10.1 Å². The Balaban J connectivity index is 2.19. The molecule has 0 aromatic heterocycles. The SMILES string of the molecule is CCCOc1ccc(/C=N\NS(=O)(=O)c2cccc([N+](=O)[O-])c2)c(OCCC)c1. The van der Waals surface area contributed by atoms with Gasteiger partial charge in [0.15, 0.2) is 0 Å². The molecule has 9 nitrogen and oxygen atoms in total. The Morgan fingerprint density at radius 1 is 1.10 bits per heavy atom. The highest BCUT2D eigenvalue weighted by molar-refractivity contribution is 7.89. The predicted octanol–water partition coefficient (Wildman–Crippen LogP) is 3.48. The number of ether oxygens (including phenoxy) is 2. The molecule has 0 heterocycles. The minimum Gasteiger partial charge on any atom is -0.493 e. The number of nitrogens with one attached hydrogen (secondary N) is 1. The molecular formula is C19H23N3O6S. The van der Waals surface area contributed by atoms with E-state index >= 15 is 0 Å². The largest absolute Gasteiger partial charge is 0.493 e. The molecule has 0 amide bonds. The number of rotatable bonds is 11. The molecular weight excluding hydrogens is 398 g/mol. The zero-order valence-electron chi connectivity index (χ0n) is 16.2. The highest BCUT2D eigenvalue weighted by Gasteiger charge is 2.16.